The van der Waals surface area contributed by atoms with Crippen LogP contribution in [0.5, 0.6) is 11.5 Å². The number of aromatic nitrogens is 2. The van der Waals surface area contributed by atoms with E-state index < -0.39 is 17.1 Å². The topological polar surface area (TPSA) is 82.8 Å². The number of amides is 1. The van der Waals surface area contributed by atoms with E-state index in [4.69, 9.17) is 9.47 Å². The molecule has 0 saturated carbocycles. The van der Waals surface area contributed by atoms with Crippen LogP contribution in [0.3, 0.4) is 0 Å². The molecular weight excluding hydrogens is 513 g/mol. The van der Waals surface area contributed by atoms with Crippen molar-refractivity contribution in [1.82, 2.24) is 14.0 Å². The van der Waals surface area contributed by atoms with E-state index >= 15 is 0 Å². The van der Waals surface area contributed by atoms with Crippen molar-refractivity contribution in [2.24, 2.45) is 0 Å². The number of carbonyl (C=O) groups excluding carboxylic acids is 1. The van der Waals surface area contributed by atoms with Crippen molar-refractivity contribution >= 4 is 16.8 Å². The number of benzene rings is 3. The smallest absolute Gasteiger partial charge is 0.332 e. The molecule has 1 aromatic heterocycles. The van der Waals surface area contributed by atoms with Gasteiger partial charge in [0.15, 0.2) is 11.5 Å². The molecule has 1 saturated heterocycles. The molecule has 0 spiro atoms. The van der Waals surface area contributed by atoms with Gasteiger partial charge in [0.05, 0.1) is 38.2 Å². The Bertz CT molecular complexity index is 1650. The van der Waals surface area contributed by atoms with Gasteiger partial charge in [-0.1, -0.05) is 37.1 Å². The van der Waals surface area contributed by atoms with Gasteiger partial charge in [0.1, 0.15) is 5.82 Å². The highest BCUT2D eigenvalue weighted by atomic mass is 19.1. The van der Waals surface area contributed by atoms with Crippen LogP contribution in [-0.2, 0) is 13.1 Å². The van der Waals surface area contributed by atoms with E-state index in [9.17, 15) is 18.8 Å². The summed E-state index contributed by atoms with van der Waals surface area (Å²) in [7, 11) is 2.95. The Hall–Kier alpha value is -4.40. The predicted molar refractivity (Wildman–Crippen MR) is 151 cm³/mol. The summed E-state index contributed by atoms with van der Waals surface area (Å²) in [4.78, 5) is 42.3. The molecule has 0 unspecified atom stereocenters. The summed E-state index contributed by atoms with van der Waals surface area (Å²) in [5.41, 5.74) is 1.17. The minimum atomic E-state index is -0.543. The number of methoxy groups -OCH3 is 2. The monoisotopic (exact) mass is 545 g/mol. The molecule has 1 fully saturated rings. The number of halogens is 1. The first-order valence-corrected chi connectivity index (χ1v) is 13.4. The van der Waals surface area contributed by atoms with Crippen LogP contribution >= 0.6 is 0 Å². The van der Waals surface area contributed by atoms with Gasteiger partial charge in [-0.3, -0.25) is 18.7 Å². The van der Waals surface area contributed by atoms with Gasteiger partial charge in [0.2, 0.25) is 0 Å². The maximum atomic E-state index is 14.0. The normalized spacial score (nSPS) is 13.7. The van der Waals surface area contributed by atoms with Crippen LogP contribution in [0.4, 0.5) is 4.39 Å². The van der Waals surface area contributed by atoms with Crippen molar-refractivity contribution in [3.8, 4) is 11.5 Å². The van der Waals surface area contributed by atoms with Gasteiger partial charge in [-0.2, -0.15) is 0 Å². The van der Waals surface area contributed by atoms with Crippen molar-refractivity contribution in [2.75, 3.05) is 27.3 Å². The Kier molecular flexibility index (Phi) is 8.00. The van der Waals surface area contributed by atoms with Crippen molar-refractivity contribution in [2.45, 2.75) is 38.8 Å². The van der Waals surface area contributed by atoms with Gasteiger partial charge in [0.25, 0.3) is 11.5 Å². The zero-order valence-corrected chi connectivity index (χ0v) is 22.7. The molecule has 1 aliphatic heterocycles. The Morgan fingerprint density at radius 3 is 2.10 bits per heavy atom. The first kappa shape index (κ1) is 27.2. The van der Waals surface area contributed by atoms with E-state index in [-0.39, 0.29) is 24.4 Å². The molecule has 208 valence electrons. The number of likely N-dealkylation sites (tertiary alicyclic amines) is 1. The highest BCUT2D eigenvalue weighted by Crippen LogP contribution is 2.30. The Morgan fingerprint density at radius 2 is 1.45 bits per heavy atom. The van der Waals surface area contributed by atoms with Crippen LogP contribution in [0.15, 0.2) is 70.3 Å². The predicted octanol–water partition coefficient (Wildman–Crippen LogP) is 4.43. The fraction of sp³-hybridized carbons (Fsp3) is 0.323. The zero-order valence-electron chi connectivity index (χ0n) is 22.7. The standard InChI is InChI=1S/C31H32FN3O5/c1-39-27-17-25-26(18-28(27)40-2)34(20-22-8-7-9-24(32)16-22)31(38)35(30(25)37)19-21-10-12-23(13-11-21)29(36)33-14-5-3-4-6-15-33/h7-13,16-18H,3-6,14-15,19-20H2,1-2H3. The third-order valence-corrected chi connectivity index (χ3v) is 7.39. The minimum Gasteiger partial charge on any atom is -0.493 e. The lowest BCUT2D eigenvalue weighted by Crippen LogP contribution is -2.40. The highest BCUT2D eigenvalue weighted by molar-refractivity contribution is 5.94. The zero-order chi connectivity index (χ0) is 28.2. The van der Waals surface area contributed by atoms with E-state index in [1.807, 2.05) is 4.90 Å². The molecule has 3 aromatic carbocycles. The molecular formula is C31H32FN3O5. The van der Waals surface area contributed by atoms with E-state index in [0.29, 0.717) is 33.7 Å². The van der Waals surface area contributed by atoms with Gasteiger partial charge < -0.3 is 14.4 Å². The molecule has 2 heterocycles. The molecule has 0 radical (unpaired) electrons. The molecule has 5 rings (SSSR count). The average molecular weight is 546 g/mol. The SMILES string of the molecule is COc1cc2c(=O)n(Cc3ccc(C(=O)N4CCCCCC4)cc3)c(=O)n(Cc3cccc(F)c3)c2cc1OC. The Morgan fingerprint density at radius 1 is 0.800 bits per heavy atom. The third kappa shape index (κ3) is 5.50. The second kappa shape index (κ2) is 11.8. The fourth-order valence-electron chi connectivity index (χ4n) is 5.25. The molecule has 1 aliphatic rings. The minimum absolute atomic E-state index is 0.00326. The van der Waals surface area contributed by atoms with Gasteiger partial charge in [-0.25, -0.2) is 9.18 Å². The van der Waals surface area contributed by atoms with Crippen molar-refractivity contribution in [3.05, 3.63) is 104 Å². The quantitative estimate of drug-likeness (QED) is 0.343. The first-order chi connectivity index (χ1) is 19.4. The molecule has 8 nitrogen and oxygen atoms in total. The maximum absolute atomic E-state index is 14.0. The van der Waals surface area contributed by atoms with E-state index in [1.54, 1.807) is 48.5 Å². The second-order valence-corrected chi connectivity index (χ2v) is 10.0. The molecule has 0 bridgehead atoms. The lowest BCUT2D eigenvalue weighted by molar-refractivity contribution is 0.0761. The van der Waals surface area contributed by atoms with Crippen LogP contribution in [0.25, 0.3) is 10.9 Å². The average Bonchev–Trinajstić information content (AvgIpc) is 3.26. The number of carbonyl (C=O) groups is 1. The maximum Gasteiger partial charge on any atom is 0.332 e. The van der Waals surface area contributed by atoms with Crippen LogP contribution in [0.1, 0.15) is 47.2 Å². The van der Waals surface area contributed by atoms with Gasteiger partial charge in [-0.05, 0) is 54.3 Å². The highest BCUT2D eigenvalue weighted by Gasteiger charge is 2.19. The Balaban J connectivity index is 1.55. The largest absolute Gasteiger partial charge is 0.493 e. The van der Waals surface area contributed by atoms with Crippen molar-refractivity contribution < 1.29 is 18.7 Å². The summed E-state index contributed by atoms with van der Waals surface area (Å²) < 4.78 is 27.4. The number of fused-ring (bicyclic) bond motifs is 1. The van der Waals surface area contributed by atoms with E-state index in [1.165, 1.54) is 30.9 Å². The second-order valence-electron chi connectivity index (χ2n) is 10.0. The lowest BCUT2D eigenvalue weighted by atomic mass is 10.1. The number of hydrogen-bond donors (Lipinski definition) is 0. The molecule has 4 aromatic rings. The molecule has 9 heteroatoms. The number of ether oxygens (including phenoxy) is 2. The first-order valence-electron chi connectivity index (χ1n) is 13.4. The van der Waals surface area contributed by atoms with Gasteiger partial charge in [-0.15, -0.1) is 0 Å². The summed E-state index contributed by atoms with van der Waals surface area (Å²) in [5, 5.41) is 0.265. The summed E-state index contributed by atoms with van der Waals surface area (Å²) in [6.45, 7) is 1.56. The summed E-state index contributed by atoms with van der Waals surface area (Å²) in [5.74, 6) is 0.294. The molecule has 1 amide bonds. The van der Waals surface area contributed by atoms with Gasteiger partial charge in [0, 0.05) is 24.7 Å². The third-order valence-electron chi connectivity index (χ3n) is 7.39. The molecule has 0 atom stereocenters. The number of nitrogens with zero attached hydrogens (tertiary/aromatic N) is 3. The number of rotatable bonds is 7. The van der Waals surface area contributed by atoms with Gasteiger partial charge >= 0.3 is 5.69 Å². The number of hydrogen-bond acceptors (Lipinski definition) is 5. The Labute approximate surface area is 231 Å². The van der Waals surface area contributed by atoms with Crippen LogP contribution < -0.4 is 20.7 Å². The summed E-state index contributed by atoms with van der Waals surface area (Å²) in [6.07, 6.45) is 4.29. The summed E-state index contributed by atoms with van der Waals surface area (Å²) in [6, 6.07) is 16.2. The summed E-state index contributed by atoms with van der Waals surface area (Å²) >= 11 is 0. The molecule has 0 aliphatic carbocycles. The molecule has 40 heavy (non-hydrogen) atoms. The van der Waals surface area contributed by atoms with Crippen molar-refractivity contribution in [1.29, 1.82) is 0 Å². The van der Waals surface area contributed by atoms with E-state index in [2.05, 4.69) is 0 Å². The van der Waals surface area contributed by atoms with Crippen molar-refractivity contribution in [3.63, 3.8) is 0 Å². The van der Waals surface area contributed by atoms with E-state index in [0.717, 1.165) is 43.3 Å². The van der Waals surface area contributed by atoms with Crippen LogP contribution in [0, 0.1) is 5.82 Å². The van der Waals surface area contributed by atoms with Crippen LogP contribution in [0.2, 0.25) is 0 Å². The fourth-order valence-corrected chi connectivity index (χ4v) is 5.25. The van der Waals surface area contributed by atoms with Crippen LogP contribution in [-0.4, -0.2) is 47.3 Å². The molecule has 0 N–H and O–H groups in total. The lowest BCUT2D eigenvalue weighted by Gasteiger charge is -2.20.